The Morgan fingerprint density at radius 2 is 1.74 bits per heavy atom. The van der Waals surface area contributed by atoms with Crippen LogP contribution in [0.15, 0.2) is 41.2 Å². The topological polar surface area (TPSA) is 92.9 Å². The van der Waals surface area contributed by atoms with E-state index in [1.54, 1.807) is 0 Å². The molecule has 2 fully saturated rings. The number of aryl methyl sites for hydroxylation is 2. The summed E-state index contributed by atoms with van der Waals surface area (Å²) < 4.78 is 17.6. The molecule has 1 spiro atoms. The minimum atomic E-state index is -0.193. The molecule has 43 heavy (non-hydrogen) atoms. The van der Waals surface area contributed by atoms with Crippen LogP contribution in [0.3, 0.4) is 0 Å². The maximum absolute atomic E-state index is 13.8. The fourth-order valence-electron chi connectivity index (χ4n) is 7.12. The van der Waals surface area contributed by atoms with Crippen molar-refractivity contribution < 1.29 is 19.0 Å². The van der Waals surface area contributed by atoms with Gasteiger partial charge in [0.1, 0.15) is 5.75 Å². The number of nitrogens with zero attached hydrogens (tertiary/aromatic N) is 1. The van der Waals surface area contributed by atoms with Crippen molar-refractivity contribution in [2.24, 2.45) is 0 Å². The van der Waals surface area contributed by atoms with Gasteiger partial charge in [0, 0.05) is 79.0 Å². The number of anilines is 1. The molecular formula is C35H43N3O5. The van der Waals surface area contributed by atoms with Gasteiger partial charge in [0.25, 0.3) is 11.5 Å². The molecule has 4 heterocycles. The first-order valence-electron chi connectivity index (χ1n) is 15.6. The molecule has 1 aromatic heterocycles. The van der Waals surface area contributed by atoms with Crippen LogP contribution in [0.5, 0.6) is 5.75 Å². The third kappa shape index (κ3) is 5.70. The van der Waals surface area contributed by atoms with Crippen molar-refractivity contribution in [1.82, 2.24) is 10.3 Å². The van der Waals surface area contributed by atoms with Crippen LogP contribution in [0.25, 0.3) is 11.1 Å². The lowest BCUT2D eigenvalue weighted by molar-refractivity contribution is 0.0420. The van der Waals surface area contributed by atoms with Gasteiger partial charge in [0.2, 0.25) is 0 Å². The van der Waals surface area contributed by atoms with Crippen LogP contribution in [0.2, 0.25) is 0 Å². The molecule has 0 unspecified atom stereocenters. The number of rotatable bonds is 7. The van der Waals surface area contributed by atoms with Gasteiger partial charge in [-0.3, -0.25) is 9.59 Å². The standard InChI is InChI=1S/C35H43N3O5/c1-5-38(27-8-12-41-13-9-27)31-18-26(25-6-7-30-32(19-25)43-21-35(30)10-14-42-15-11-35)17-28(24(31)4)33(39)36-20-29-22(2)16-23(3)37-34(29)40/h6-7,16-19,27H,5,8-15,20-21H2,1-4H3,(H,36,39)(H,37,40). The number of fused-ring (bicyclic) bond motifs is 2. The first kappa shape index (κ1) is 29.5. The molecule has 228 valence electrons. The molecule has 3 aliphatic heterocycles. The summed E-state index contributed by atoms with van der Waals surface area (Å²) in [4.78, 5) is 31.8. The van der Waals surface area contributed by atoms with Crippen molar-refractivity contribution in [3.63, 3.8) is 0 Å². The number of nitrogens with one attached hydrogen (secondary N) is 2. The lowest BCUT2D eigenvalue weighted by atomic mass is 9.75. The number of hydrogen-bond donors (Lipinski definition) is 2. The molecule has 0 atom stereocenters. The summed E-state index contributed by atoms with van der Waals surface area (Å²) in [5.74, 6) is 0.736. The monoisotopic (exact) mass is 585 g/mol. The van der Waals surface area contributed by atoms with E-state index in [1.165, 1.54) is 5.56 Å². The van der Waals surface area contributed by atoms with Crippen LogP contribution in [-0.4, -0.2) is 56.5 Å². The maximum atomic E-state index is 13.8. The first-order valence-corrected chi connectivity index (χ1v) is 15.6. The Morgan fingerprint density at radius 1 is 1.00 bits per heavy atom. The molecule has 0 aliphatic carbocycles. The van der Waals surface area contributed by atoms with Crippen molar-refractivity contribution in [2.45, 2.75) is 71.4 Å². The highest BCUT2D eigenvalue weighted by atomic mass is 16.5. The summed E-state index contributed by atoms with van der Waals surface area (Å²) >= 11 is 0. The number of benzene rings is 2. The average Bonchev–Trinajstić information content (AvgIpc) is 3.35. The molecule has 2 N–H and O–H groups in total. The van der Waals surface area contributed by atoms with Crippen LogP contribution < -0.4 is 20.5 Å². The van der Waals surface area contributed by atoms with Gasteiger partial charge in [0.15, 0.2) is 0 Å². The van der Waals surface area contributed by atoms with Gasteiger partial charge in [-0.1, -0.05) is 12.1 Å². The van der Waals surface area contributed by atoms with Gasteiger partial charge in [-0.15, -0.1) is 0 Å². The second kappa shape index (κ2) is 12.2. The summed E-state index contributed by atoms with van der Waals surface area (Å²) in [6, 6.07) is 13.0. The Bertz CT molecular complexity index is 1570. The van der Waals surface area contributed by atoms with E-state index in [0.29, 0.717) is 23.8 Å². The molecule has 3 aliphatic rings. The van der Waals surface area contributed by atoms with Crippen LogP contribution >= 0.6 is 0 Å². The minimum Gasteiger partial charge on any atom is -0.492 e. The third-order valence-electron chi connectivity index (χ3n) is 9.67. The van der Waals surface area contributed by atoms with Crippen LogP contribution in [0.4, 0.5) is 5.69 Å². The number of amides is 1. The molecule has 2 saturated heterocycles. The highest BCUT2D eigenvalue weighted by Crippen LogP contribution is 2.47. The van der Waals surface area contributed by atoms with E-state index in [1.807, 2.05) is 32.9 Å². The molecule has 2 aromatic carbocycles. The molecule has 0 radical (unpaired) electrons. The molecule has 3 aromatic rings. The normalized spacial score (nSPS) is 17.9. The molecule has 8 heteroatoms. The predicted octanol–water partition coefficient (Wildman–Crippen LogP) is 5.34. The van der Waals surface area contributed by atoms with Crippen molar-refractivity contribution in [2.75, 3.05) is 44.5 Å². The summed E-state index contributed by atoms with van der Waals surface area (Å²) in [5.41, 5.74) is 7.97. The second-order valence-corrected chi connectivity index (χ2v) is 12.3. The zero-order chi connectivity index (χ0) is 30.1. The van der Waals surface area contributed by atoms with Gasteiger partial charge in [-0.2, -0.15) is 0 Å². The molecule has 0 bridgehead atoms. The fourth-order valence-corrected chi connectivity index (χ4v) is 7.12. The number of carbonyl (C=O) groups excluding carboxylic acids is 1. The average molecular weight is 586 g/mol. The van der Waals surface area contributed by atoms with Crippen LogP contribution in [0.1, 0.15) is 70.9 Å². The van der Waals surface area contributed by atoms with Crippen molar-refractivity contribution >= 4 is 11.6 Å². The number of pyridine rings is 1. The quantitative estimate of drug-likeness (QED) is 0.389. The molecule has 8 nitrogen and oxygen atoms in total. The second-order valence-electron chi connectivity index (χ2n) is 12.3. The van der Waals surface area contributed by atoms with Gasteiger partial charge < -0.3 is 29.4 Å². The zero-order valence-corrected chi connectivity index (χ0v) is 25.8. The molecular weight excluding hydrogens is 542 g/mol. The molecule has 1 amide bonds. The third-order valence-corrected chi connectivity index (χ3v) is 9.67. The minimum absolute atomic E-state index is 0.0314. The van der Waals surface area contributed by atoms with Crippen molar-refractivity contribution in [3.8, 4) is 16.9 Å². The smallest absolute Gasteiger partial charge is 0.253 e. The van der Waals surface area contributed by atoms with Crippen LogP contribution in [0, 0.1) is 20.8 Å². The van der Waals surface area contributed by atoms with E-state index in [0.717, 1.165) is 98.0 Å². The summed E-state index contributed by atoms with van der Waals surface area (Å²) in [5, 5.41) is 3.05. The number of aromatic amines is 1. The Kier molecular flexibility index (Phi) is 8.34. The lowest BCUT2D eigenvalue weighted by Crippen LogP contribution is -2.40. The van der Waals surface area contributed by atoms with Crippen LogP contribution in [-0.2, 0) is 21.4 Å². The summed E-state index contributed by atoms with van der Waals surface area (Å²) in [6.45, 7) is 12.6. The van der Waals surface area contributed by atoms with Crippen molar-refractivity contribution in [3.05, 3.63) is 80.3 Å². The first-order chi connectivity index (χ1) is 20.8. The van der Waals surface area contributed by atoms with Gasteiger partial charge in [-0.05, 0) is 99.9 Å². The Morgan fingerprint density at radius 3 is 2.47 bits per heavy atom. The molecule has 6 rings (SSSR count). The highest BCUT2D eigenvalue weighted by Gasteiger charge is 2.42. The van der Waals surface area contributed by atoms with Crippen molar-refractivity contribution in [1.29, 1.82) is 0 Å². The Balaban J connectivity index is 1.38. The summed E-state index contributed by atoms with van der Waals surface area (Å²) in [6.07, 6.45) is 3.84. The van der Waals surface area contributed by atoms with E-state index >= 15 is 0 Å². The van der Waals surface area contributed by atoms with Gasteiger partial charge in [-0.25, -0.2) is 0 Å². The zero-order valence-electron chi connectivity index (χ0n) is 25.8. The lowest BCUT2D eigenvalue weighted by Gasteiger charge is -2.37. The predicted molar refractivity (Wildman–Crippen MR) is 168 cm³/mol. The number of ether oxygens (including phenoxy) is 3. The van der Waals surface area contributed by atoms with E-state index in [4.69, 9.17) is 14.2 Å². The van der Waals surface area contributed by atoms with E-state index in [9.17, 15) is 9.59 Å². The highest BCUT2D eigenvalue weighted by molar-refractivity contribution is 5.99. The number of carbonyl (C=O) groups is 1. The number of aromatic nitrogens is 1. The fraction of sp³-hybridized carbons (Fsp3) is 0.486. The Labute approximate surface area is 253 Å². The number of H-pyrrole nitrogens is 1. The summed E-state index contributed by atoms with van der Waals surface area (Å²) in [7, 11) is 0. The number of hydrogen-bond acceptors (Lipinski definition) is 6. The largest absolute Gasteiger partial charge is 0.492 e. The van der Waals surface area contributed by atoms with Gasteiger partial charge in [0.05, 0.1) is 6.61 Å². The van der Waals surface area contributed by atoms with E-state index < -0.39 is 0 Å². The SMILES string of the molecule is CCN(c1cc(-c2ccc3c(c2)OCC32CCOCC2)cc(C(=O)NCc2c(C)cc(C)[nH]c2=O)c1C)C1CCOCC1. The van der Waals surface area contributed by atoms with E-state index in [2.05, 4.69) is 46.4 Å². The maximum Gasteiger partial charge on any atom is 0.253 e. The van der Waals surface area contributed by atoms with E-state index in [-0.39, 0.29) is 23.4 Å². The Hall–Kier alpha value is -3.62. The van der Waals surface area contributed by atoms with Gasteiger partial charge >= 0.3 is 0 Å². The molecule has 0 saturated carbocycles.